The molecule has 0 unspecified atom stereocenters. The third-order valence-corrected chi connectivity index (χ3v) is 3.64. The molecule has 1 aliphatic heterocycles. The fourth-order valence-electron chi connectivity index (χ4n) is 2.45. The quantitative estimate of drug-likeness (QED) is 0.805. The van der Waals surface area contributed by atoms with E-state index in [0.29, 0.717) is 0 Å². The van der Waals surface area contributed by atoms with E-state index in [1.165, 1.54) is 5.56 Å². The number of benzene rings is 1. The van der Waals surface area contributed by atoms with Crippen LogP contribution in [0.4, 0.5) is 0 Å². The van der Waals surface area contributed by atoms with Gasteiger partial charge in [0.2, 0.25) is 0 Å². The Kier molecular flexibility index (Phi) is 4.59. The fraction of sp³-hybridized carbons (Fsp3) is 0.294. The van der Waals surface area contributed by atoms with Crippen LogP contribution in [0, 0.1) is 0 Å². The molecule has 0 saturated carbocycles. The molecule has 1 aliphatic rings. The van der Waals surface area contributed by atoms with Crippen molar-refractivity contribution in [2.24, 2.45) is 5.10 Å². The molecule has 3 rings (SSSR count). The van der Waals surface area contributed by atoms with E-state index in [1.54, 1.807) is 6.20 Å². The van der Waals surface area contributed by atoms with Gasteiger partial charge in [0.25, 0.3) is 0 Å². The van der Waals surface area contributed by atoms with E-state index in [4.69, 9.17) is 0 Å². The second-order valence-electron chi connectivity index (χ2n) is 5.21. The number of pyridine rings is 1. The standard InChI is InChI=1S/C17H20N4/c1-2-6-16(7-3-1)15-20-10-12-21(13-11-20)19-14-17-8-4-5-9-18-17/h1-9,14H,10-13,15H2/b19-14-. The maximum atomic E-state index is 4.51. The number of rotatable bonds is 4. The van der Waals surface area contributed by atoms with E-state index in [1.807, 2.05) is 24.4 Å². The Hall–Kier alpha value is -2.20. The maximum Gasteiger partial charge on any atom is 0.0830 e. The van der Waals surface area contributed by atoms with Crippen LogP contribution in [0.3, 0.4) is 0 Å². The normalized spacial score (nSPS) is 16.5. The van der Waals surface area contributed by atoms with Gasteiger partial charge in [-0.1, -0.05) is 36.4 Å². The fourth-order valence-corrected chi connectivity index (χ4v) is 2.45. The van der Waals surface area contributed by atoms with Gasteiger partial charge in [-0.3, -0.25) is 14.9 Å². The van der Waals surface area contributed by atoms with Crippen LogP contribution in [0.2, 0.25) is 0 Å². The lowest BCUT2D eigenvalue weighted by atomic mass is 10.2. The van der Waals surface area contributed by atoms with Crippen molar-refractivity contribution in [3.63, 3.8) is 0 Å². The lowest BCUT2D eigenvalue weighted by Crippen LogP contribution is -2.43. The number of hydrogen-bond acceptors (Lipinski definition) is 4. The van der Waals surface area contributed by atoms with Crippen molar-refractivity contribution in [1.82, 2.24) is 14.9 Å². The number of hydrazone groups is 1. The molecular weight excluding hydrogens is 260 g/mol. The predicted molar refractivity (Wildman–Crippen MR) is 85.1 cm³/mol. The number of piperazine rings is 1. The highest BCUT2D eigenvalue weighted by Crippen LogP contribution is 2.08. The van der Waals surface area contributed by atoms with E-state index in [2.05, 4.69) is 50.3 Å². The van der Waals surface area contributed by atoms with E-state index in [9.17, 15) is 0 Å². The van der Waals surface area contributed by atoms with Crippen LogP contribution >= 0.6 is 0 Å². The van der Waals surface area contributed by atoms with Gasteiger partial charge in [-0.05, 0) is 17.7 Å². The van der Waals surface area contributed by atoms with Gasteiger partial charge in [0.05, 0.1) is 11.9 Å². The molecule has 0 radical (unpaired) electrons. The lowest BCUT2D eigenvalue weighted by Gasteiger charge is -2.33. The Morgan fingerprint density at radius 1 is 0.952 bits per heavy atom. The van der Waals surface area contributed by atoms with Crippen LogP contribution in [-0.4, -0.2) is 47.3 Å². The van der Waals surface area contributed by atoms with Crippen LogP contribution in [0.5, 0.6) is 0 Å². The summed E-state index contributed by atoms with van der Waals surface area (Å²) in [5.41, 5.74) is 2.28. The Labute approximate surface area is 125 Å². The molecule has 4 nitrogen and oxygen atoms in total. The van der Waals surface area contributed by atoms with Crippen molar-refractivity contribution < 1.29 is 0 Å². The zero-order valence-corrected chi connectivity index (χ0v) is 12.1. The number of nitrogens with zero attached hydrogens (tertiary/aromatic N) is 4. The van der Waals surface area contributed by atoms with Crippen molar-refractivity contribution in [2.75, 3.05) is 26.2 Å². The topological polar surface area (TPSA) is 31.7 Å². The Morgan fingerprint density at radius 3 is 2.43 bits per heavy atom. The van der Waals surface area contributed by atoms with Gasteiger partial charge in [0.1, 0.15) is 0 Å². The average Bonchev–Trinajstić information content (AvgIpc) is 2.56. The highest BCUT2D eigenvalue weighted by atomic mass is 15.5. The van der Waals surface area contributed by atoms with Gasteiger partial charge in [0, 0.05) is 38.9 Å². The summed E-state index contributed by atoms with van der Waals surface area (Å²) in [5, 5.41) is 6.64. The summed E-state index contributed by atoms with van der Waals surface area (Å²) < 4.78 is 0. The second-order valence-corrected chi connectivity index (χ2v) is 5.21. The summed E-state index contributed by atoms with van der Waals surface area (Å²) in [5.74, 6) is 0. The summed E-state index contributed by atoms with van der Waals surface area (Å²) in [6.45, 7) is 5.06. The van der Waals surface area contributed by atoms with Gasteiger partial charge in [-0.15, -0.1) is 0 Å². The molecule has 0 amide bonds. The molecule has 21 heavy (non-hydrogen) atoms. The summed E-state index contributed by atoms with van der Waals surface area (Å²) in [4.78, 5) is 6.72. The van der Waals surface area contributed by atoms with Gasteiger partial charge in [-0.2, -0.15) is 5.10 Å². The molecule has 1 saturated heterocycles. The smallest absolute Gasteiger partial charge is 0.0830 e. The van der Waals surface area contributed by atoms with Crippen molar-refractivity contribution in [1.29, 1.82) is 0 Å². The third kappa shape index (κ3) is 4.13. The molecule has 1 aromatic carbocycles. The zero-order valence-electron chi connectivity index (χ0n) is 12.1. The predicted octanol–water partition coefficient (Wildman–Crippen LogP) is 2.23. The van der Waals surface area contributed by atoms with Crippen LogP contribution in [0.1, 0.15) is 11.3 Å². The summed E-state index contributed by atoms with van der Waals surface area (Å²) in [6.07, 6.45) is 3.63. The second kappa shape index (κ2) is 6.99. The van der Waals surface area contributed by atoms with E-state index in [0.717, 1.165) is 38.4 Å². The molecule has 108 valence electrons. The third-order valence-electron chi connectivity index (χ3n) is 3.64. The highest BCUT2D eigenvalue weighted by Gasteiger charge is 2.15. The van der Waals surface area contributed by atoms with E-state index in [-0.39, 0.29) is 0 Å². The van der Waals surface area contributed by atoms with Crippen molar-refractivity contribution in [3.8, 4) is 0 Å². The SMILES string of the molecule is C(=N/N1CCN(Cc2ccccc2)CC1)/c1ccccn1. The minimum atomic E-state index is 0.907. The first-order valence-electron chi connectivity index (χ1n) is 7.36. The van der Waals surface area contributed by atoms with Crippen LogP contribution in [-0.2, 0) is 6.54 Å². The van der Waals surface area contributed by atoms with E-state index < -0.39 is 0 Å². The van der Waals surface area contributed by atoms with Crippen molar-refractivity contribution >= 4 is 6.21 Å². The van der Waals surface area contributed by atoms with Crippen molar-refractivity contribution in [3.05, 3.63) is 66.0 Å². The number of hydrogen-bond donors (Lipinski definition) is 0. The molecular formula is C17H20N4. The summed E-state index contributed by atoms with van der Waals surface area (Å²) in [7, 11) is 0. The minimum Gasteiger partial charge on any atom is -0.295 e. The van der Waals surface area contributed by atoms with Gasteiger partial charge >= 0.3 is 0 Å². The highest BCUT2D eigenvalue weighted by molar-refractivity contribution is 5.76. The average molecular weight is 280 g/mol. The van der Waals surface area contributed by atoms with Gasteiger partial charge in [0.15, 0.2) is 0 Å². The molecule has 0 N–H and O–H groups in total. The Morgan fingerprint density at radius 2 is 1.71 bits per heavy atom. The molecule has 2 aromatic rings. The first-order valence-corrected chi connectivity index (χ1v) is 7.36. The summed E-state index contributed by atoms with van der Waals surface area (Å²) >= 11 is 0. The van der Waals surface area contributed by atoms with Crippen LogP contribution in [0.25, 0.3) is 0 Å². The Bertz CT molecular complexity index is 560. The molecule has 0 bridgehead atoms. The molecule has 0 aliphatic carbocycles. The molecule has 1 aromatic heterocycles. The largest absolute Gasteiger partial charge is 0.295 e. The Balaban J connectivity index is 1.48. The maximum absolute atomic E-state index is 4.51. The van der Waals surface area contributed by atoms with Gasteiger partial charge in [-0.25, -0.2) is 0 Å². The summed E-state index contributed by atoms with van der Waals surface area (Å²) in [6, 6.07) is 16.5. The molecule has 1 fully saturated rings. The van der Waals surface area contributed by atoms with Crippen LogP contribution < -0.4 is 0 Å². The van der Waals surface area contributed by atoms with Crippen molar-refractivity contribution in [2.45, 2.75) is 6.54 Å². The molecule has 0 atom stereocenters. The van der Waals surface area contributed by atoms with Crippen LogP contribution in [0.15, 0.2) is 59.8 Å². The first kappa shape index (κ1) is 13.8. The molecule has 0 spiro atoms. The first-order chi connectivity index (χ1) is 10.4. The monoisotopic (exact) mass is 280 g/mol. The minimum absolute atomic E-state index is 0.907. The van der Waals surface area contributed by atoms with E-state index >= 15 is 0 Å². The van der Waals surface area contributed by atoms with Gasteiger partial charge < -0.3 is 0 Å². The zero-order chi connectivity index (χ0) is 14.3. The lowest BCUT2D eigenvalue weighted by molar-refractivity contribution is 0.131. The number of aromatic nitrogens is 1. The molecule has 2 heterocycles. The molecule has 4 heteroatoms.